The molecule has 48 heavy (non-hydrogen) atoms. The maximum absolute atomic E-state index is 14.2. The number of hydrogen-bond donors (Lipinski definition) is 3. The van der Waals surface area contributed by atoms with Crippen LogP contribution in [0.25, 0.3) is 22.2 Å². The number of urea groups is 1. The van der Waals surface area contributed by atoms with E-state index in [0.29, 0.717) is 24.0 Å². The number of carbonyl (C=O) groups excluding carboxylic acids is 2. The SMILES string of the molecule is CC(=O)NCCCN(C(=O)Nc1c(C(C)C)cc(-c2cccc(C#CCN3CCCC3)c2)cc1C(C)C)c1cc2cccnc2[nH]c1=O. The number of carbonyl (C=O) groups is 2. The molecule has 9 nitrogen and oxygen atoms in total. The largest absolute Gasteiger partial charge is 0.356 e. The fourth-order valence-electron chi connectivity index (χ4n) is 6.11. The van der Waals surface area contributed by atoms with Crippen LogP contribution in [0.15, 0.2) is 65.6 Å². The van der Waals surface area contributed by atoms with Crippen molar-refractivity contribution in [2.45, 2.75) is 65.7 Å². The van der Waals surface area contributed by atoms with Crippen LogP contribution in [-0.4, -0.2) is 59.5 Å². The second kappa shape index (κ2) is 15.8. The van der Waals surface area contributed by atoms with Crippen LogP contribution in [0.2, 0.25) is 0 Å². The fourth-order valence-corrected chi connectivity index (χ4v) is 6.11. The van der Waals surface area contributed by atoms with Crippen molar-refractivity contribution in [1.82, 2.24) is 20.2 Å². The summed E-state index contributed by atoms with van der Waals surface area (Å²) in [5.74, 6) is 6.76. The Morgan fingerprint density at radius 1 is 0.979 bits per heavy atom. The van der Waals surface area contributed by atoms with Crippen molar-refractivity contribution < 1.29 is 9.59 Å². The third kappa shape index (κ3) is 8.50. The van der Waals surface area contributed by atoms with E-state index in [1.54, 1.807) is 18.3 Å². The van der Waals surface area contributed by atoms with Gasteiger partial charge in [0.2, 0.25) is 5.91 Å². The molecule has 1 aliphatic heterocycles. The van der Waals surface area contributed by atoms with E-state index in [4.69, 9.17) is 0 Å². The first-order chi connectivity index (χ1) is 23.1. The lowest BCUT2D eigenvalue weighted by Crippen LogP contribution is -2.40. The molecule has 0 bridgehead atoms. The van der Waals surface area contributed by atoms with Crippen LogP contribution < -0.4 is 21.1 Å². The minimum atomic E-state index is -0.418. The maximum atomic E-state index is 14.2. The zero-order chi connectivity index (χ0) is 34.2. The molecule has 2 aromatic heterocycles. The van der Waals surface area contributed by atoms with Gasteiger partial charge in [-0.2, -0.15) is 0 Å². The van der Waals surface area contributed by atoms with Gasteiger partial charge in [0, 0.05) is 42.8 Å². The lowest BCUT2D eigenvalue weighted by atomic mass is 9.88. The van der Waals surface area contributed by atoms with E-state index in [1.165, 1.54) is 24.7 Å². The molecule has 1 fully saturated rings. The first-order valence-electron chi connectivity index (χ1n) is 16.9. The highest BCUT2D eigenvalue weighted by Gasteiger charge is 2.24. The van der Waals surface area contributed by atoms with E-state index < -0.39 is 11.6 Å². The summed E-state index contributed by atoms with van der Waals surface area (Å²) in [6.45, 7) is 13.6. The van der Waals surface area contributed by atoms with Crippen molar-refractivity contribution in [2.24, 2.45) is 0 Å². The summed E-state index contributed by atoms with van der Waals surface area (Å²) in [6, 6.07) is 17.5. The zero-order valence-corrected chi connectivity index (χ0v) is 28.7. The molecule has 9 heteroatoms. The van der Waals surface area contributed by atoms with Crippen LogP contribution in [0.3, 0.4) is 0 Å². The summed E-state index contributed by atoms with van der Waals surface area (Å²) in [6.07, 6.45) is 4.57. The van der Waals surface area contributed by atoms with Gasteiger partial charge in [-0.05, 0) is 109 Å². The number of benzene rings is 2. The predicted octanol–water partition coefficient (Wildman–Crippen LogP) is 6.85. The van der Waals surface area contributed by atoms with E-state index in [0.717, 1.165) is 53.1 Å². The Morgan fingerprint density at radius 2 is 1.71 bits per heavy atom. The van der Waals surface area contributed by atoms with Gasteiger partial charge in [0.25, 0.3) is 5.56 Å². The minimum Gasteiger partial charge on any atom is -0.356 e. The van der Waals surface area contributed by atoms with Crippen LogP contribution in [0.4, 0.5) is 16.2 Å². The van der Waals surface area contributed by atoms with Gasteiger partial charge in [0.1, 0.15) is 11.3 Å². The maximum Gasteiger partial charge on any atom is 0.326 e. The minimum absolute atomic E-state index is 0.101. The van der Waals surface area contributed by atoms with Gasteiger partial charge in [-0.3, -0.25) is 19.4 Å². The number of hydrogen-bond acceptors (Lipinski definition) is 5. The van der Waals surface area contributed by atoms with E-state index in [1.807, 2.05) is 18.2 Å². The average molecular weight is 647 g/mol. The van der Waals surface area contributed by atoms with Crippen molar-refractivity contribution in [3.63, 3.8) is 0 Å². The van der Waals surface area contributed by atoms with Crippen LogP contribution in [0.5, 0.6) is 0 Å². The van der Waals surface area contributed by atoms with Crippen LogP contribution in [0, 0.1) is 11.8 Å². The van der Waals surface area contributed by atoms with Gasteiger partial charge >= 0.3 is 6.03 Å². The number of amides is 3. The van der Waals surface area contributed by atoms with Gasteiger partial charge in [-0.15, -0.1) is 0 Å². The Balaban J connectivity index is 1.49. The molecule has 0 radical (unpaired) electrons. The molecule has 3 heterocycles. The Kier molecular flexibility index (Phi) is 11.3. The highest BCUT2D eigenvalue weighted by Crippen LogP contribution is 2.38. The second-order valence-electron chi connectivity index (χ2n) is 13.0. The summed E-state index contributed by atoms with van der Waals surface area (Å²) in [5.41, 5.74) is 6.12. The molecule has 3 N–H and O–H groups in total. The lowest BCUT2D eigenvalue weighted by molar-refractivity contribution is -0.118. The van der Waals surface area contributed by atoms with Crippen LogP contribution in [-0.2, 0) is 4.79 Å². The van der Waals surface area contributed by atoms with E-state index in [9.17, 15) is 14.4 Å². The molecule has 3 amide bonds. The quantitative estimate of drug-likeness (QED) is 0.129. The van der Waals surface area contributed by atoms with Crippen LogP contribution >= 0.6 is 0 Å². The summed E-state index contributed by atoms with van der Waals surface area (Å²) in [7, 11) is 0. The number of anilines is 2. The molecule has 0 spiro atoms. The number of aromatic amines is 1. The lowest BCUT2D eigenvalue weighted by Gasteiger charge is -2.27. The highest BCUT2D eigenvalue weighted by molar-refractivity contribution is 6.03. The molecule has 0 aliphatic carbocycles. The Morgan fingerprint density at radius 3 is 2.40 bits per heavy atom. The Hall–Kier alpha value is -4.94. The molecular formula is C39H46N6O3. The first kappa shape index (κ1) is 34.4. The number of aromatic nitrogens is 2. The standard InChI is InChI=1S/C39H46N6O3/c1-26(2)33-23-32(30-14-8-12-29(22-30)13-10-20-44-18-6-7-19-44)24-34(27(3)4)36(33)42-39(48)45(21-11-17-40-28(5)46)35-25-31-15-9-16-41-37(31)43-38(35)47/h8-9,12,14-16,22-27H,6-7,11,17-21H2,1-5H3,(H,40,46)(H,42,48)(H,41,43,47). The third-order valence-corrected chi connectivity index (χ3v) is 8.67. The first-order valence-corrected chi connectivity index (χ1v) is 16.9. The Bertz CT molecular complexity index is 1870. The number of nitrogens with one attached hydrogen (secondary N) is 3. The number of nitrogens with zero attached hydrogens (tertiary/aromatic N) is 3. The van der Waals surface area contributed by atoms with Crippen molar-refractivity contribution >= 4 is 34.3 Å². The van der Waals surface area contributed by atoms with Gasteiger partial charge in [-0.25, -0.2) is 9.78 Å². The Labute approximate surface area is 283 Å². The van der Waals surface area contributed by atoms with Gasteiger partial charge < -0.3 is 15.6 Å². The smallest absolute Gasteiger partial charge is 0.326 e. The zero-order valence-electron chi connectivity index (χ0n) is 28.7. The predicted molar refractivity (Wildman–Crippen MR) is 195 cm³/mol. The van der Waals surface area contributed by atoms with Crippen molar-refractivity contribution in [2.75, 3.05) is 42.9 Å². The van der Waals surface area contributed by atoms with Crippen molar-refractivity contribution in [1.29, 1.82) is 0 Å². The fraction of sp³-hybridized carbons (Fsp3) is 0.385. The van der Waals surface area contributed by atoms with Gasteiger partial charge in [0.15, 0.2) is 0 Å². The monoisotopic (exact) mass is 646 g/mol. The van der Waals surface area contributed by atoms with Gasteiger partial charge in [0.05, 0.1) is 6.54 Å². The van der Waals surface area contributed by atoms with Crippen molar-refractivity contribution in [3.8, 4) is 23.0 Å². The third-order valence-electron chi connectivity index (χ3n) is 8.67. The molecule has 250 valence electrons. The van der Waals surface area contributed by atoms with E-state index in [2.05, 4.69) is 89.3 Å². The molecule has 1 saturated heterocycles. The normalized spacial score (nSPS) is 13.1. The highest BCUT2D eigenvalue weighted by atomic mass is 16.2. The van der Waals surface area contributed by atoms with E-state index in [-0.39, 0.29) is 30.0 Å². The molecule has 0 atom stereocenters. The number of likely N-dealkylation sites (tertiary alicyclic amines) is 1. The summed E-state index contributed by atoms with van der Waals surface area (Å²) in [5, 5.41) is 6.71. The second-order valence-corrected chi connectivity index (χ2v) is 13.0. The summed E-state index contributed by atoms with van der Waals surface area (Å²) < 4.78 is 0. The number of pyridine rings is 2. The van der Waals surface area contributed by atoms with Crippen molar-refractivity contribution in [3.05, 3.63) is 87.8 Å². The topological polar surface area (TPSA) is 110 Å². The molecule has 1 aliphatic rings. The molecule has 0 unspecified atom stereocenters. The molecule has 5 rings (SSSR count). The number of H-pyrrole nitrogens is 1. The summed E-state index contributed by atoms with van der Waals surface area (Å²) in [4.78, 5) is 49.9. The van der Waals surface area contributed by atoms with Gasteiger partial charge in [-0.1, -0.05) is 51.7 Å². The molecular weight excluding hydrogens is 600 g/mol. The molecule has 0 saturated carbocycles. The number of fused-ring (bicyclic) bond motifs is 1. The van der Waals surface area contributed by atoms with E-state index >= 15 is 0 Å². The van der Waals surface area contributed by atoms with Crippen LogP contribution in [0.1, 0.15) is 82.4 Å². The average Bonchev–Trinajstić information content (AvgIpc) is 3.58. The molecule has 2 aromatic carbocycles. The molecule has 4 aromatic rings. The summed E-state index contributed by atoms with van der Waals surface area (Å²) >= 11 is 0. The number of rotatable bonds is 10.